The lowest BCUT2D eigenvalue weighted by molar-refractivity contribution is -0.137. The maximum absolute atomic E-state index is 13.3. The van der Waals surface area contributed by atoms with Crippen LogP contribution in [0.2, 0.25) is 0 Å². The van der Waals surface area contributed by atoms with Gasteiger partial charge in [-0.15, -0.1) is 0 Å². The van der Waals surface area contributed by atoms with Crippen LogP contribution in [0.15, 0.2) is 59.6 Å². The summed E-state index contributed by atoms with van der Waals surface area (Å²) < 4.78 is 29.1. The fraction of sp³-hybridized carbons (Fsp3) is 0.190. The Morgan fingerprint density at radius 3 is 2.59 bits per heavy atom. The van der Waals surface area contributed by atoms with Crippen LogP contribution in [0.25, 0.3) is 10.9 Å². The number of para-hydroxylation sites is 1. The molecule has 3 aromatic rings. The van der Waals surface area contributed by atoms with Crippen molar-refractivity contribution < 1.29 is 18.0 Å². The zero-order chi connectivity index (χ0) is 20.8. The topological polar surface area (TPSA) is 96.4 Å². The molecule has 0 bridgehead atoms. The number of anilines is 1. The molecule has 1 fully saturated rings. The molecule has 1 aromatic heterocycles. The molecule has 1 aliphatic heterocycles. The standard InChI is InChI=1S/C21H19N3O4S/c1-13-8-9-18(15(11-13)16-12-19(25)24(2)21(16)26)29(27,28)23-17-7-3-5-14-6-4-10-22-20(14)17/h3-11,16,23H,12H2,1-2H3. The van der Waals surface area contributed by atoms with E-state index in [4.69, 9.17) is 0 Å². The molecule has 0 saturated carbocycles. The molecule has 1 atom stereocenters. The summed E-state index contributed by atoms with van der Waals surface area (Å²) in [6.07, 6.45) is 1.55. The molecule has 0 aliphatic carbocycles. The number of carbonyl (C=O) groups excluding carboxylic acids is 2. The number of hydrogen-bond acceptors (Lipinski definition) is 5. The minimum Gasteiger partial charge on any atom is -0.285 e. The van der Waals surface area contributed by atoms with Gasteiger partial charge in [0.05, 0.1) is 22.0 Å². The first-order chi connectivity index (χ1) is 13.8. The lowest BCUT2D eigenvalue weighted by Gasteiger charge is -2.17. The summed E-state index contributed by atoms with van der Waals surface area (Å²) in [7, 11) is -2.61. The van der Waals surface area contributed by atoms with Crippen molar-refractivity contribution in [2.45, 2.75) is 24.2 Å². The van der Waals surface area contributed by atoms with Gasteiger partial charge in [-0.2, -0.15) is 0 Å². The summed E-state index contributed by atoms with van der Waals surface area (Å²) in [4.78, 5) is 29.8. The predicted molar refractivity (Wildman–Crippen MR) is 109 cm³/mol. The molecule has 1 unspecified atom stereocenters. The number of likely N-dealkylation sites (N-methyl/N-ethyl adjacent to an activating group) is 1. The lowest BCUT2D eigenvalue weighted by Crippen LogP contribution is -2.26. The van der Waals surface area contributed by atoms with Gasteiger partial charge in [0.25, 0.3) is 10.0 Å². The number of nitrogens with zero attached hydrogens (tertiary/aromatic N) is 2. The fourth-order valence-corrected chi connectivity index (χ4v) is 4.89. The van der Waals surface area contributed by atoms with E-state index in [0.717, 1.165) is 15.8 Å². The molecular formula is C21H19N3O4S. The average molecular weight is 409 g/mol. The van der Waals surface area contributed by atoms with E-state index in [1.165, 1.54) is 13.1 Å². The second-order valence-electron chi connectivity index (χ2n) is 7.08. The van der Waals surface area contributed by atoms with Crippen LogP contribution in [0, 0.1) is 6.92 Å². The van der Waals surface area contributed by atoms with Gasteiger partial charge in [0.2, 0.25) is 11.8 Å². The smallest absolute Gasteiger partial charge is 0.262 e. The Morgan fingerprint density at radius 2 is 1.86 bits per heavy atom. The van der Waals surface area contributed by atoms with Crippen LogP contribution in [0.5, 0.6) is 0 Å². The Balaban J connectivity index is 1.80. The number of likely N-dealkylation sites (tertiary alicyclic amines) is 1. The molecule has 8 heteroatoms. The molecule has 1 aliphatic rings. The molecule has 148 valence electrons. The minimum absolute atomic E-state index is 0.0162. The van der Waals surface area contributed by atoms with Crippen LogP contribution in [-0.2, 0) is 19.6 Å². The van der Waals surface area contributed by atoms with Gasteiger partial charge >= 0.3 is 0 Å². The number of fused-ring (bicyclic) bond motifs is 1. The van der Waals surface area contributed by atoms with Crippen molar-refractivity contribution in [1.29, 1.82) is 0 Å². The molecule has 29 heavy (non-hydrogen) atoms. The van der Waals surface area contributed by atoms with Crippen LogP contribution < -0.4 is 4.72 Å². The number of aryl methyl sites for hydroxylation is 1. The third-order valence-electron chi connectivity index (χ3n) is 5.09. The Hall–Kier alpha value is -3.26. The quantitative estimate of drug-likeness (QED) is 0.669. The van der Waals surface area contributed by atoms with Crippen LogP contribution >= 0.6 is 0 Å². The maximum Gasteiger partial charge on any atom is 0.262 e. The molecule has 4 rings (SSSR count). The maximum atomic E-state index is 13.3. The van der Waals surface area contributed by atoms with E-state index in [2.05, 4.69) is 9.71 Å². The SMILES string of the molecule is Cc1ccc(S(=O)(=O)Nc2cccc3cccnc23)c(C2CC(=O)N(C)C2=O)c1. The molecule has 2 aromatic carbocycles. The normalized spacial score (nSPS) is 17.2. The zero-order valence-corrected chi connectivity index (χ0v) is 16.7. The number of amides is 2. The molecule has 0 spiro atoms. The van der Waals surface area contributed by atoms with Crippen LogP contribution in [0.4, 0.5) is 5.69 Å². The fourth-order valence-electron chi connectivity index (χ4n) is 3.57. The van der Waals surface area contributed by atoms with Crippen LogP contribution in [0.3, 0.4) is 0 Å². The molecule has 0 radical (unpaired) electrons. The first-order valence-corrected chi connectivity index (χ1v) is 10.5. The molecule has 2 amide bonds. The number of nitrogens with one attached hydrogen (secondary N) is 1. The van der Waals surface area contributed by atoms with Crippen molar-refractivity contribution in [2.24, 2.45) is 0 Å². The van der Waals surface area contributed by atoms with E-state index in [0.29, 0.717) is 16.8 Å². The molecule has 1 saturated heterocycles. The van der Waals surface area contributed by atoms with Gasteiger partial charge < -0.3 is 0 Å². The van der Waals surface area contributed by atoms with E-state index in [1.54, 1.807) is 36.5 Å². The summed E-state index contributed by atoms with van der Waals surface area (Å²) in [5, 5.41) is 0.801. The summed E-state index contributed by atoms with van der Waals surface area (Å²) in [6, 6.07) is 13.6. The third-order valence-corrected chi connectivity index (χ3v) is 6.53. The third kappa shape index (κ3) is 3.36. The number of aromatic nitrogens is 1. The van der Waals surface area contributed by atoms with Gasteiger partial charge in [0, 0.05) is 25.1 Å². The van der Waals surface area contributed by atoms with Crippen LogP contribution in [0.1, 0.15) is 23.5 Å². The Morgan fingerprint density at radius 1 is 1.10 bits per heavy atom. The van der Waals surface area contributed by atoms with Crippen molar-refractivity contribution in [1.82, 2.24) is 9.88 Å². The number of sulfonamides is 1. The molecule has 2 heterocycles. The minimum atomic E-state index is -4.02. The largest absolute Gasteiger partial charge is 0.285 e. The van der Waals surface area contributed by atoms with Gasteiger partial charge in [-0.3, -0.25) is 24.2 Å². The highest BCUT2D eigenvalue weighted by molar-refractivity contribution is 7.92. The van der Waals surface area contributed by atoms with Crippen molar-refractivity contribution in [3.05, 3.63) is 65.9 Å². The average Bonchev–Trinajstić information content (AvgIpc) is 2.95. The number of carbonyl (C=O) groups is 2. The number of rotatable bonds is 4. The van der Waals surface area contributed by atoms with Crippen molar-refractivity contribution in [3.63, 3.8) is 0 Å². The van der Waals surface area contributed by atoms with Crippen molar-refractivity contribution in [3.8, 4) is 0 Å². The van der Waals surface area contributed by atoms with Gasteiger partial charge in [-0.1, -0.05) is 35.9 Å². The second kappa shape index (κ2) is 6.97. The van der Waals surface area contributed by atoms with E-state index in [-0.39, 0.29) is 17.2 Å². The molecule has 1 N–H and O–H groups in total. The Labute approximate surface area is 168 Å². The van der Waals surface area contributed by atoms with E-state index < -0.39 is 21.8 Å². The second-order valence-corrected chi connectivity index (χ2v) is 8.73. The molecule has 7 nitrogen and oxygen atoms in total. The first kappa shape index (κ1) is 19.1. The number of hydrogen-bond donors (Lipinski definition) is 1. The van der Waals surface area contributed by atoms with E-state index in [9.17, 15) is 18.0 Å². The highest BCUT2D eigenvalue weighted by atomic mass is 32.2. The highest BCUT2D eigenvalue weighted by Gasteiger charge is 2.39. The number of benzene rings is 2. The van der Waals surface area contributed by atoms with E-state index >= 15 is 0 Å². The van der Waals surface area contributed by atoms with Gasteiger partial charge in [0.1, 0.15) is 0 Å². The summed E-state index contributed by atoms with van der Waals surface area (Å²) >= 11 is 0. The van der Waals surface area contributed by atoms with Gasteiger partial charge in [-0.25, -0.2) is 8.42 Å². The predicted octanol–water partition coefficient (Wildman–Crippen LogP) is 2.82. The Bertz CT molecular complexity index is 1250. The lowest BCUT2D eigenvalue weighted by atomic mass is 9.96. The summed E-state index contributed by atoms with van der Waals surface area (Å²) in [5.41, 5.74) is 2.01. The van der Waals surface area contributed by atoms with Crippen molar-refractivity contribution >= 4 is 38.4 Å². The van der Waals surface area contributed by atoms with Gasteiger partial charge in [-0.05, 0) is 30.7 Å². The Kier molecular flexibility index (Phi) is 4.58. The van der Waals surface area contributed by atoms with Gasteiger partial charge in [0.15, 0.2) is 0 Å². The number of pyridine rings is 1. The highest BCUT2D eigenvalue weighted by Crippen LogP contribution is 2.35. The van der Waals surface area contributed by atoms with Crippen molar-refractivity contribution in [2.75, 3.05) is 11.8 Å². The summed E-state index contributed by atoms with van der Waals surface area (Å²) in [6.45, 7) is 1.81. The van der Waals surface area contributed by atoms with E-state index in [1.807, 2.05) is 19.1 Å². The summed E-state index contributed by atoms with van der Waals surface area (Å²) in [5.74, 6) is -1.54. The monoisotopic (exact) mass is 409 g/mol. The molecular weight excluding hydrogens is 390 g/mol. The van der Waals surface area contributed by atoms with Crippen LogP contribution in [-0.4, -0.2) is 37.2 Å². The first-order valence-electron chi connectivity index (χ1n) is 9.05. The zero-order valence-electron chi connectivity index (χ0n) is 15.9. The number of imide groups is 1.